The summed E-state index contributed by atoms with van der Waals surface area (Å²) in [4.78, 5) is 15.4. The fourth-order valence-corrected chi connectivity index (χ4v) is 4.36. The topological polar surface area (TPSA) is 41.6 Å². The molecule has 26 heavy (non-hydrogen) atoms. The van der Waals surface area contributed by atoms with Crippen LogP contribution in [0.25, 0.3) is 10.8 Å². The Morgan fingerprint density at radius 1 is 1.35 bits per heavy atom. The van der Waals surface area contributed by atoms with Crippen LogP contribution in [0.15, 0.2) is 34.8 Å². The second-order valence-electron chi connectivity index (χ2n) is 6.88. The average Bonchev–Trinajstić information content (AvgIpc) is 3.11. The quantitative estimate of drug-likeness (QED) is 0.713. The van der Waals surface area contributed by atoms with Crippen molar-refractivity contribution in [3.05, 3.63) is 40.4 Å². The fraction of sp³-hybridized carbons (Fsp3) is 0.476. The van der Waals surface area contributed by atoms with Gasteiger partial charge in [-0.05, 0) is 43.8 Å². The molecule has 1 aliphatic rings. The zero-order valence-electron chi connectivity index (χ0n) is 15.6. The van der Waals surface area contributed by atoms with Gasteiger partial charge in [-0.2, -0.15) is 0 Å². The highest BCUT2D eigenvalue weighted by Gasteiger charge is 2.25. The Labute approximate surface area is 164 Å². The van der Waals surface area contributed by atoms with Crippen molar-refractivity contribution in [3.8, 4) is 5.75 Å². The van der Waals surface area contributed by atoms with Gasteiger partial charge in [0.25, 0.3) is 5.91 Å². The molecule has 4 nitrogen and oxygen atoms in total. The minimum Gasteiger partial charge on any atom is -0.495 e. The van der Waals surface area contributed by atoms with Crippen LogP contribution in [-0.4, -0.2) is 43.6 Å². The Hall–Kier alpha value is -1.59. The summed E-state index contributed by atoms with van der Waals surface area (Å²) in [5, 5.41) is 5.12. The van der Waals surface area contributed by atoms with Crippen LogP contribution < -0.4 is 10.1 Å². The third-order valence-electron chi connectivity index (χ3n) is 5.19. The maximum absolute atomic E-state index is 12.9. The fourth-order valence-electron chi connectivity index (χ4n) is 3.78. The summed E-state index contributed by atoms with van der Waals surface area (Å²) in [6.45, 7) is 5.18. The van der Waals surface area contributed by atoms with Gasteiger partial charge in [-0.3, -0.25) is 9.69 Å². The van der Waals surface area contributed by atoms with Gasteiger partial charge in [0.05, 0.1) is 12.7 Å². The second kappa shape index (κ2) is 8.87. The molecular formula is C21H27BrN2O2. The Bertz CT molecular complexity index is 778. The first kappa shape index (κ1) is 19.2. The molecule has 0 aromatic heterocycles. The lowest BCUT2D eigenvalue weighted by Crippen LogP contribution is -2.40. The largest absolute Gasteiger partial charge is 0.495 e. The molecule has 5 heteroatoms. The molecule has 0 aliphatic carbocycles. The number of unbranched alkanes of at least 4 members (excludes halogenated alkanes) is 1. The van der Waals surface area contributed by atoms with E-state index in [1.54, 1.807) is 7.11 Å². The number of hydrogen-bond donors (Lipinski definition) is 1. The molecule has 1 amide bonds. The molecule has 0 bridgehead atoms. The van der Waals surface area contributed by atoms with Gasteiger partial charge in [0.1, 0.15) is 5.75 Å². The van der Waals surface area contributed by atoms with Gasteiger partial charge in [0, 0.05) is 22.4 Å². The number of halogens is 1. The van der Waals surface area contributed by atoms with E-state index in [0.717, 1.165) is 34.8 Å². The van der Waals surface area contributed by atoms with Crippen molar-refractivity contribution < 1.29 is 9.53 Å². The molecule has 1 saturated heterocycles. The van der Waals surface area contributed by atoms with Gasteiger partial charge < -0.3 is 10.1 Å². The standard InChI is InChI=1S/C21H27BrN2O2/c1-3-4-11-24-12-7-8-15(24)14-23-21(25)18-13-19(22)16-9-5-6-10-17(16)20(18)26-2/h5-6,9-10,13,15H,3-4,7-8,11-12,14H2,1-2H3,(H,23,25). The lowest BCUT2D eigenvalue weighted by Gasteiger charge is -2.24. The van der Waals surface area contributed by atoms with Crippen molar-refractivity contribution in [3.63, 3.8) is 0 Å². The van der Waals surface area contributed by atoms with Crippen LogP contribution in [0.1, 0.15) is 43.0 Å². The molecule has 2 aromatic rings. The molecule has 1 fully saturated rings. The van der Waals surface area contributed by atoms with E-state index < -0.39 is 0 Å². The van der Waals surface area contributed by atoms with Crippen molar-refractivity contribution >= 4 is 32.6 Å². The predicted octanol–water partition coefficient (Wildman–Crippen LogP) is 4.61. The highest BCUT2D eigenvalue weighted by atomic mass is 79.9. The lowest BCUT2D eigenvalue weighted by molar-refractivity contribution is 0.0937. The number of ether oxygens (including phenoxy) is 1. The second-order valence-corrected chi connectivity index (χ2v) is 7.73. The van der Waals surface area contributed by atoms with E-state index in [0.29, 0.717) is 23.9 Å². The highest BCUT2D eigenvalue weighted by Crippen LogP contribution is 2.35. The van der Waals surface area contributed by atoms with Crippen LogP contribution in [0.5, 0.6) is 5.75 Å². The number of carbonyl (C=O) groups is 1. The van der Waals surface area contributed by atoms with Gasteiger partial charge in [-0.25, -0.2) is 0 Å². The van der Waals surface area contributed by atoms with E-state index in [1.165, 1.54) is 19.3 Å². The van der Waals surface area contributed by atoms with Crippen LogP contribution in [-0.2, 0) is 0 Å². The minimum atomic E-state index is -0.0735. The number of likely N-dealkylation sites (tertiary alicyclic amines) is 1. The summed E-state index contributed by atoms with van der Waals surface area (Å²) in [5.41, 5.74) is 0.580. The average molecular weight is 419 g/mol. The van der Waals surface area contributed by atoms with Crippen molar-refractivity contribution in [2.45, 2.75) is 38.6 Å². The normalized spacial score (nSPS) is 17.6. The van der Waals surface area contributed by atoms with E-state index in [2.05, 4.69) is 33.1 Å². The molecule has 140 valence electrons. The van der Waals surface area contributed by atoms with Crippen LogP contribution in [0.3, 0.4) is 0 Å². The van der Waals surface area contributed by atoms with Gasteiger partial charge in [-0.15, -0.1) is 0 Å². The Morgan fingerprint density at radius 2 is 2.12 bits per heavy atom. The Morgan fingerprint density at radius 3 is 2.85 bits per heavy atom. The molecule has 1 N–H and O–H groups in total. The summed E-state index contributed by atoms with van der Waals surface area (Å²) >= 11 is 3.59. The van der Waals surface area contributed by atoms with E-state index in [4.69, 9.17) is 4.74 Å². The number of methoxy groups -OCH3 is 1. The SMILES string of the molecule is CCCCN1CCCC1CNC(=O)c1cc(Br)c2ccccc2c1OC. The highest BCUT2D eigenvalue weighted by molar-refractivity contribution is 9.10. The molecule has 1 atom stereocenters. The van der Waals surface area contributed by atoms with Crippen molar-refractivity contribution in [1.82, 2.24) is 10.2 Å². The summed E-state index contributed by atoms with van der Waals surface area (Å²) in [7, 11) is 1.62. The molecule has 0 spiro atoms. The first-order chi connectivity index (χ1) is 12.7. The monoisotopic (exact) mass is 418 g/mol. The van der Waals surface area contributed by atoms with Crippen LogP contribution in [0.2, 0.25) is 0 Å². The number of carbonyl (C=O) groups excluding carboxylic acids is 1. The van der Waals surface area contributed by atoms with E-state index in [1.807, 2.05) is 30.3 Å². The third kappa shape index (κ3) is 4.04. The zero-order valence-corrected chi connectivity index (χ0v) is 17.1. The smallest absolute Gasteiger partial charge is 0.255 e. The maximum Gasteiger partial charge on any atom is 0.255 e. The van der Waals surface area contributed by atoms with E-state index in [-0.39, 0.29) is 5.91 Å². The number of benzene rings is 2. The predicted molar refractivity (Wildman–Crippen MR) is 110 cm³/mol. The van der Waals surface area contributed by atoms with E-state index >= 15 is 0 Å². The number of amides is 1. The van der Waals surface area contributed by atoms with Gasteiger partial charge >= 0.3 is 0 Å². The van der Waals surface area contributed by atoms with Crippen LogP contribution in [0.4, 0.5) is 0 Å². The molecule has 2 aromatic carbocycles. The number of nitrogens with zero attached hydrogens (tertiary/aromatic N) is 1. The van der Waals surface area contributed by atoms with Crippen molar-refractivity contribution in [2.24, 2.45) is 0 Å². The van der Waals surface area contributed by atoms with Crippen LogP contribution >= 0.6 is 15.9 Å². The molecule has 0 radical (unpaired) electrons. The molecule has 1 aliphatic heterocycles. The summed E-state index contributed by atoms with van der Waals surface area (Å²) in [6, 6.07) is 10.3. The molecule has 1 unspecified atom stereocenters. The van der Waals surface area contributed by atoms with Crippen LogP contribution in [0, 0.1) is 0 Å². The summed E-state index contributed by atoms with van der Waals surface area (Å²) in [6.07, 6.45) is 4.80. The van der Waals surface area contributed by atoms with Gasteiger partial charge in [0.2, 0.25) is 0 Å². The maximum atomic E-state index is 12.9. The van der Waals surface area contributed by atoms with Gasteiger partial charge in [-0.1, -0.05) is 53.5 Å². The van der Waals surface area contributed by atoms with Crippen molar-refractivity contribution in [1.29, 1.82) is 0 Å². The number of nitrogens with one attached hydrogen (secondary N) is 1. The number of hydrogen-bond acceptors (Lipinski definition) is 3. The third-order valence-corrected chi connectivity index (χ3v) is 5.85. The Balaban J connectivity index is 1.76. The molecule has 0 saturated carbocycles. The number of fused-ring (bicyclic) bond motifs is 1. The summed E-state index contributed by atoms with van der Waals surface area (Å²) in [5.74, 6) is 0.561. The summed E-state index contributed by atoms with van der Waals surface area (Å²) < 4.78 is 6.50. The minimum absolute atomic E-state index is 0.0735. The lowest BCUT2D eigenvalue weighted by atomic mass is 10.0. The van der Waals surface area contributed by atoms with Crippen molar-refractivity contribution in [2.75, 3.05) is 26.7 Å². The van der Waals surface area contributed by atoms with Gasteiger partial charge in [0.15, 0.2) is 0 Å². The first-order valence-corrected chi connectivity index (χ1v) is 10.2. The first-order valence-electron chi connectivity index (χ1n) is 9.43. The molecule has 3 rings (SSSR count). The molecular weight excluding hydrogens is 392 g/mol. The molecule has 1 heterocycles. The zero-order chi connectivity index (χ0) is 18.5. The number of rotatable bonds is 7. The van der Waals surface area contributed by atoms with E-state index in [9.17, 15) is 4.79 Å². The Kier molecular flexibility index (Phi) is 6.54.